The number of hydrogen-bond donors (Lipinski definition) is 1. The zero-order valence-electron chi connectivity index (χ0n) is 11.5. The smallest absolute Gasteiger partial charge is 0.348 e. The molecule has 1 aromatic rings. The number of amides is 1. The lowest BCUT2D eigenvalue weighted by Crippen LogP contribution is -2.46. The molecule has 1 aromatic carbocycles. The van der Waals surface area contributed by atoms with Gasteiger partial charge in [0.1, 0.15) is 5.82 Å². The number of nitrogens with zero attached hydrogens (tertiary/aromatic N) is 1. The molecule has 1 fully saturated rings. The van der Waals surface area contributed by atoms with Crippen LogP contribution in [0.1, 0.15) is 28.8 Å². The van der Waals surface area contributed by atoms with Gasteiger partial charge in [0.25, 0.3) is 5.91 Å². The van der Waals surface area contributed by atoms with Gasteiger partial charge < -0.3 is 10.2 Å². The SMILES string of the molecule is CN1CCC[C@@H](NC(=O)c2cc(F)cc(C(F)(F)F)c2)C1. The van der Waals surface area contributed by atoms with E-state index in [1.54, 1.807) is 0 Å². The molecule has 2 rings (SSSR count). The summed E-state index contributed by atoms with van der Waals surface area (Å²) >= 11 is 0. The zero-order valence-corrected chi connectivity index (χ0v) is 11.5. The largest absolute Gasteiger partial charge is 0.416 e. The van der Waals surface area contributed by atoms with Crippen molar-refractivity contribution < 1.29 is 22.4 Å². The molecule has 0 aliphatic carbocycles. The minimum absolute atomic E-state index is 0.131. The third-order valence-corrected chi connectivity index (χ3v) is 3.45. The molecule has 21 heavy (non-hydrogen) atoms. The van der Waals surface area contributed by atoms with Gasteiger partial charge in [0, 0.05) is 18.2 Å². The number of benzene rings is 1. The van der Waals surface area contributed by atoms with Crippen LogP contribution >= 0.6 is 0 Å². The topological polar surface area (TPSA) is 32.3 Å². The Morgan fingerprint density at radius 1 is 1.33 bits per heavy atom. The van der Waals surface area contributed by atoms with Gasteiger partial charge in [-0.2, -0.15) is 13.2 Å². The van der Waals surface area contributed by atoms with Crippen molar-refractivity contribution in [1.29, 1.82) is 0 Å². The van der Waals surface area contributed by atoms with E-state index in [-0.39, 0.29) is 11.6 Å². The molecular weight excluding hydrogens is 288 g/mol. The van der Waals surface area contributed by atoms with Crippen LogP contribution in [0.5, 0.6) is 0 Å². The Kier molecular flexibility index (Phi) is 4.51. The van der Waals surface area contributed by atoms with Gasteiger partial charge >= 0.3 is 6.18 Å². The van der Waals surface area contributed by atoms with Gasteiger partial charge in [-0.1, -0.05) is 0 Å². The maximum absolute atomic E-state index is 13.3. The van der Waals surface area contributed by atoms with Crippen molar-refractivity contribution in [1.82, 2.24) is 10.2 Å². The van der Waals surface area contributed by atoms with E-state index in [2.05, 4.69) is 5.32 Å². The van der Waals surface area contributed by atoms with Crippen molar-refractivity contribution in [3.05, 3.63) is 35.1 Å². The van der Waals surface area contributed by atoms with Crippen molar-refractivity contribution in [2.24, 2.45) is 0 Å². The van der Waals surface area contributed by atoms with E-state index in [4.69, 9.17) is 0 Å². The van der Waals surface area contributed by atoms with Crippen molar-refractivity contribution in [2.75, 3.05) is 20.1 Å². The Morgan fingerprint density at radius 2 is 2.05 bits per heavy atom. The molecule has 0 unspecified atom stereocenters. The lowest BCUT2D eigenvalue weighted by molar-refractivity contribution is -0.137. The standard InChI is InChI=1S/C14H16F4N2O/c1-20-4-2-3-12(8-20)19-13(21)9-5-10(14(16,17)18)7-11(15)6-9/h5-7,12H,2-4,8H2,1H3,(H,19,21)/t12-/m1/s1. The number of alkyl halides is 3. The Balaban J connectivity index is 2.13. The van der Waals surface area contributed by atoms with Gasteiger partial charge in [-0.25, -0.2) is 4.39 Å². The molecule has 0 saturated carbocycles. The van der Waals surface area contributed by atoms with Crippen LogP contribution in [-0.2, 0) is 6.18 Å². The number of carbonyl (C=O) groups is 1. The molecule has 1 heterocycles. The minimum Gasteiger partial charge on any atom is -0.348 e. The fourth-order valence-electron chi connectivity index (χ4n) is 2.44. The van der Waals surface area contributed by atoms with E-state index in [1.807, 2.05) is 11.9 Å². The summed E-state index contributed by atoms with van der Waals surface area (Å²) in [6.45, 7) is 1.55. The summed E-state index contributed by atoms with van der Waals surface area (Å²) in [6.07, 6.45) is -3.02. The molecule has 1 amide bonds. The molecule has 1 saturated heterocycles. The average Bonchev–Trinajstić information content (AvgIpc) is 2.37. The second-order valence-electron chi connectivity index (χ2n) is 5.30. The molecule has 116 valence electrons. The molecule has 0 bridgehead atoms. The maximum Gasteiger partial charge on any atom is 0.416 e. The van der Waals surface area contributed by atoms with Crippen LogP contribution in [-0.4, -0.2) is 37.0 Å². The normalized spacial score (nSPS) is 20.3. The number of carbonyl (C=O) groups excluding carboxylic acids is 1. The first-order valence-electron chi connectivity index (χ1n) is 6.63. The summed E-state index contributed by atoms with van der Waals surface area (Å²) in [5.41, 5.74) is -1.47. The van der Waals surface area contributed by atoms with Crippen LogP contribution in [0.3, 0.4) is 0 Å². The molecule has 3 nitrogen and oxygen atoms in total. The quantitative estimate of drug-likeness (QED) is 0.852. The molecule has 1 aliphatic heterocycles. The van der Waals surface area contributed by atoms with Crippen LogP contribution in [0.2, 0.25) is 0 Å². The van der Waals surface area contributed by atoms with Crippen molar-refractivity contribution in [3.63, 3.8) is 0 Å². The summed E-state index contributed by atoms with van der Waals surface area (Å²) < 4.78 is 51.1. The first kappa shape index (κ1) is 15.8. The van der Waals surface area contributed by atoms with Crippen LogP contribution in [0.25, 0.3) is 0 Å². The highest BCUT2D eigenvalue weighted by Gasteiger charge is 2.32. The van der Waals surface area contributed by atoms with E-state index in [1.165, 1.54) is 0 Å². The zero-order chi connectivity index (χ0) is 15.6. The summed E-state index contributed by atoms with van der Waals surface area (Å²) in [6, 6.07) is 1.74. The summed E-state index contributed by atoms with van der Waals surface area (Å²) in [5, 5.41) is 2.66. The van der Waals surface area contributed by atoms with Crippen molar-refractivity contribution in [3.8, 4) is 0 Å². The predicted molar refractivity (Wildman–Crippen MR) is 69.4 cm³/mol. The third-order valence-electron chi connectivity index (χ3n) is 3.45. The van der Waals surface area contributed by atoms with Gasteiger partial charge in [-0.3, -0.25) is 4.79 Å². The number of likely N-dealkylation sites (N-methyl/N-ethyl adjacent to an activating group) is 1. The first-order chi connectivity index (χ1) is 9.75. The van der Waals surface area contributed by atoms with Gasteiger partial charge in [0.05, 0.1) is 5.56 Å². The number of nitrogens with one attached hydrogen (secondary N) is 1. The highest BCUT2D eigenvalue weighted by atomic mass is 19.4. The van der Waals surface area contributed by atoms with Gasteiger partial charge in [-0.15, -0.1) is 0 Å². The van der Waals surface area contributed by atoms with Crippen LogP contribution in [0.15, 0.2) is 18.2 Å². The van der Waals surface area contributed by atoms with Crippen LogP contribution in [0.4, 0.5) is 17.6 Å². The maximum atomic E-state index is 13.3. The number of hydrogen-bond acceptors (Lipinski definition) is 2. The first-order valence-corrected chi connectivity index (χ1v) is 6.63. The number of likely N-dealkylation sites (tertiary alicyclic amines) is 1. The van der Waals surface area contributed by atoms with Crippen molar-refractivity contribution in [2.45, 2.75) is 25.1 Å². The van der Waals surface area contributed by atoms with Crippen LogP contribution in [0, 0.1) is 5.82 Å². The van der Waals surface area contributed by atoms with E-state index in [9.17, 15) is 22.4 Å². The Bertz CT molecular complexity index is 530. The van der Waals surface area contributed by atoms with Crippen LogP contribution < -0.4 is 5.32 Å². The molecule has 7 heteroatoms. The lowest BCUT2D eigenvalue weighted by atomic mass is 10.0. The summed E-state index contributed by atoms with van der Waals surface area (Å²) in [7, 11) is 1.91. The molecule has 0 aromatic heterocycles. The minimum atomic E-state index is -4.68. The predicted octanol–water partition coefficient (Wildman–Crippen LogP) is 2.67. The van der Waals surface area contributed by atoms with E-state index < -0.39 is 23.5 Å². The van der Waals surface area contributed by atoms with Gasteiger partial charge in [0.2, 0.25) is 0 Å². The molecule has 0 spiro atoms. The molecule has 0 radical (unpaired) electrons. The van der Waals surface area contributed by atoms with Gasteiger partial charge in [-0.05, 0) is 44.6 Å². The number of halogens is 4. The molecule has 1 aliphatic rings. The second kappa shape index (κ2) is 6.01. The molecule has 1 N–H and O–H groups in total. The van der Waals surface area contributed by atoms with E-state index in [0.29, 0.717) is 18.7 Å². The second-order valence-corrected chi connectivity index (χ2v) is 5.30. The van der Waals surface area contributed by atoms with E-state index >= 15 is 0 Å². The fourth-order valence-corrected chi connectivity index (χ4v) is 2.44. The summed E-state index contributed by atoms with van der Waals surface area (Å²) in [4.78, 5) is 14.0. The highest BCUT2D eigenvalue weighted by molar-refractivity contribution is 5.94. The Morgan fingerprint density at radius 3 is 2.67 bits per heavy atom. The summed E-state index contributed by atoms with van der Waals surface area (Å²) in [5.74, 6) is -1.75. The highest BCUT2D eigenvalue weighted by Crippen LogP contribution is 2.30. The molecular formula is C14H16F4N2O. The number of piperidine rings is 1. The van der Waals surface area contributed by atoms with E-state index in [0.717, 1.165) is 25.5 Å². The lowest BCUT2D eigenvalue weighted by Gasteiger charge is -2.30. The van der Waals surface area contributed by atoms with Gasteiger partial charge in [0.15, 0.2) is 0 Å². The fraction of sp³-hybridized carbons (Fsp3) is 0.500. The molecule has 1 atom stereocenters. The monoisotopic (exact) mass is 304 g/mol. The third kappa shape index (κ3) is 4.17. The average molecular weight is 304 g/mol. The Labute approximate surface area is 119 Å². The van der Waals surface area contributed by atoms with Crippen molar-refractivity contribution >= 4 is 5.91 Å². The Hall–Kier alpha value is -1.63. The number of rotatable bonds is 2.